The van der Waals surface area contributed by atoms with Gasteiger partial charge in [0.1, 0.15) is 11.4 Å². The summed E-state index contributed by atoms with van der Waals surface area (Å²) in [5.41, 5.74) is 0.867. The Kier molecular flexibility index (Phi) is 4.54. The van der Waals surface area contributed by atoms with E-state index in [1.807, 2.05) is 25.1 Å². The summed E-state index contributed by atoms with van der Waals surface area (Å²) in [5, 5.41) is 2.87. The molecule has 0 saturated heterocycles. The van der Waals surface area contributed by atoms with E-state index in [-0.39, 0.29) is 12.0 Å². The molecule has 2 aromatic rings. The Morgan fingerprint density at radius 1 is 1.23 bits per heavy atom. The van der Waals surface area contributed by atoms with Crippen LogP contribution in [0.3, 0.4) is 0 Å². The Morgan fingerprint density at radius 2 is 1.95 bits per heavy atom. The number of hydrogen-bond donors (Lipinski definition) is 1. The number of aryl methyl sites for hydroxylation is 1. The molecular formula is C15H16F3N3O. The minimum atomic E-state index is -4.50. The Morgan fingerprint density at radius 3 is 2.59 bits per heavy atom. The number of nitrogens with one attached hydrogen (secondary N) is 1. The number of benzene rings is 1. The Hall–Kier alpha value is -2.31. The van der Waals surface area contributed by atoms with Gasteiger partial charge in [0.15, 0.2) is 0 Å². The van der Waals surface area contributed by atoms with Crippen LogP contribution in [-0.4, -0.2) is 17.1 Å². The molecule has 7 heteroatoms. The van der Waals surface area contributed by atoms with E-state index in [1.165, 1.54) is 0 Å². The van der Waals surface area contributed by atoms with E-state index in [1.54, 1.807) is 14.0 Å². The monoisotopic (exact) mass is 311 g/mol. The minimum Gasteiger partial charge on any atom is -0.496 e. The molecule has 0 radical (unpaired) electrons. The normalized spacial score (nSPS) is 12.8. The first kappa shape index (κ1) is 16.1. The third-order valence-electron chi connectivity index (χ3n) is 3.14. The number of hydrogen-bond acceptors (Lipinski definition) is 4. The van der Waals surface area contributed by atoms with E-state index in [9.17, 15) is 13.2 Å². The van der Waals surface area contributed by atoms with Crippen LogP contribution in [0, 0.1) is 6.92 Å². The van der Waals surface area contributed by atoms with E-state index in [2.05, 4.69) is 15.3 Å². The molecule has 0 aliphatic rings. The van der Waals surface area contributed by atoms with Gasteiger partial charge in [-0.1, -0.05) is 17.7 Å². The summed E-state index contributed by atoms with van der Waals surface area (Å²) < 4.78 is 43.3. The van der Waals surface area contributed by atoms with Crippen molar-refractivity contribution in [3.05, 3.63) is 47.3 Å². The number of aromatic nitrogens is 2. The third kappa shape index (κ3) is 3.66. The summed E-state index contributed by atoms with van der Waals surface area (Å²) >= 11 is 0. The first-order valence-corrected chi connectivity index (χ1v) is 6.62. The number of ether oxygens (including phenoxy) is 1. The number of methoxy groups -OCH3 is 1. The van der Waals surface area contributed by atoms with Gasteiger partial charge in [-0.3, -0.25) is 0 Å². The third-order valence-corrected chi connectivity index (χ3v) is 3.14. The molecule has 1 aromatic carbocycles. The fourth-order valence-electron chi connectivity index (χ4n) is 2.05. The maximum Gasteiger partial charge on any atom is 0.433 e. The number of anilines is 1. The van der Waals surface area contributed by atoms with Crippen LogP contribution in [0.15, 0.2) is 30.5 Å². The number of rotatable bonds is 4. The molecule has 1 heterocycles. The molecule has 0 aliphatic carbocycles. The standard InChI is InChI=1S/C15H16F3N3O/c1-9-4-5-12(22-3)11(8-9)10(2)20-14-19-7-6-13(21-14)15(16,17)18/h4-8,10H,1-3H3,(H,19,20,21). The predicted molar refractivity (Wildman–Crippen MR) is 76.8 cm³/mol. The summed E-state index contributed by atoms with van der Waals surface area (Å²) in [5.74, 6) is 0.573. The number of alkyl halides is 3. The van der Waals surface area contributed by atoms with Gasteiger partial charge in [-0.2, -0.15) is 13.2 Å². The maximum atomic E-state index is 12.7. The molecule has 1 atom stereocenters. The molecule has 22 heavy (non-hydrogen) atoms. The second kappa shape index (κ2) is 6.21. The van der Waals surface area contributed by atoms with Crippen LogP contribution < -0.4 is 10.1 Å². The van der Waals surface area contributed by atoms with Crippen LogP contribution in [-0.2, 0) is 6.18 Å². The van der Waals surface area contributed by atoms with Crippen LogP contribution >= 0.6 is 0 Å². The van der Waals surface area contributed by atoms with Gasteiger partial charge >= 0.3 is 6.18 Å². The quantitative estimate of drug-likeness (QED) is 0.927. The van der Waals surface area contributed by atoms with Gasteiger partial charge in [-0.05, 0) is 26.0 Å². The van der Waals surface area contributed by atoms with Crippen molar-refractivity contribution in [2.24, 2.45) is 0 Å². The van der Waals surface area contributed by atoms with Gasteiger partial charge in [-0.25, -0.2) is 9.97 Å². The highest BCUT2D eigenvalue weighted by Crippen LogP contribution is 2.30. The SMILES string of the molecule is COc1ccc(C)cc1C(C)Nc1nccc(C(F)(F)F)n1. The highest BCUT2D eigenvalue weighted by molar-refractivity contribution is 5.42. The van der Waals surface area contributed by atoms with Crippen LogP contribution in [0.25, 0.3) is 0 Å². The molecule has 1 unspecified atom stereocenters. The van der Waals surface area contributed by atoms with E-state index in [4.69, 9.17) is 4.74 Å². The summed E-state index contributed by atoms with van der Waals surface area (Å²) in [4.78, 5) is 7.33. The second-order valence-electron chi connectivity index (χ2n) is 4.87. The molecular weight excluding hydrogens is 295 g/mol. The number of halogens is 3. The van der Waals surface area contributed by atoms with Crippen molar-refractivity contribution in [3.8, 4) is 5.75 Å². The van der Waals surface area contributed by atoms with Crippen LogP contribution in [0.4, 0.5) is 19.1 Å². The molecule has 0 spiro atoms. The van der Waals surface area contributed by atoms with Crippen molar-refractivity contribution in [1.29, 1.82) is 0 Å². The van der Waals surface area contributed by atoms with E-state index in [0.717, 1.165) is 23.4 Å². The van der Waals surface area contributed by atoms with Crippen molar-refractivity contribution in [3.63, 3.8) is 0 Å². The lowest BCUT2D eigenvalue weighted by Gasteiger charge is -2.18. The van der Waals surface area contributed by atoms with Gasteiger partial charge in [-0.15, -0.1) is 0 Å². The second-order valence-corrected chi connectivity index (χ2v) is 4.87. The van der Waals surface area contributed by atoms with Crippen molar-refractivity contribution < 1.29 is 17.9 Å². The van der Waals surface area contributed by atoms with E-state index >= 15 is 0 Å². The average Bonchev–Trinajstić information content (AvgIpc) is 2.46. The van der Waals surface area contributed by atoms with E-state index < -0.39 is 11.9 Å². The maximum absolute atomic E-state index is 12.7. The highest BCUT2D eigenvalue weighted by atomic mass is 19.4. The molecule has 0 amide bonds. The lowest BCUT2D eigenvalue weighted by atomic mass is 10.0. The summed E-state index contributed by atoms with van der Waals surface area (Å²) in [6, 6.07) is 6.15. The fraction of sp³-hybridized carbons (Fsp3) is 0.333. The van der Waals surface area contributed by atoms with Crippen molar-refractivity contribution in [2.45, 2.75) is 26.1 Å². The molecule has 0 aliphatic heterocycles. The van der Waals surface area contributed by atoms with Gasteiger partial charge in [0.05, 0.1) is 13.2 Å². The molecule has 4 nitrogen and oxygen atoms in total. The Balaban J connectivity index is 2.26. The fourth-order valence-corrected chi connectivity index (χ4v) is 2.05. The van der Waals surface area contributed by atoms with E-state index in [0.29, 0.717) is 5.75 Å². The van der Waals surface area contributed by atoms with Crippen LogP contribution in [0.1, 0.15) is 29.8 Å². The minimum absolute atomic E-state index is 0.0779. The topological polar surface area (TPSA) is 47.0 Å². The van der Waals surface area contributed by atoms with Gasteiger partial charge in [0, 0.05) is 11.8 Å². The van der Waals surface area contributed by atoms with Crippen LogP contribution in [0.5, 0.6) is 5.75 Å². The zero-order chi connectivity index (χ0) is 16.3. The first-order valence-electron chi connectivity index (χ1n) is 6.62. The summed E-state index contributed by atoms with van der Waals surface area (Å²) in [7, 11) is 1.54. The number of nitrogens with zero attached hydrogens (tertiary/aromatic N) is 2. The first-order chi connectivity index (χ1) is 10.3. The zero-order valence-electron chi connectivity index (χ0n) is 12.4. The molecule has 0 saturated carbocycles. The Bertz CT molecular complexity index is 659. The molecule has 2 rings (SSSR count). The predicted octanol–water partition coefficient (Wildman–Crippen LogP) is 3.99. The highest BCUT2D eigenvalue weighted by Gasteiger charge is 2.32. The summed E-state index contributed by atoms with van der Waals surface area (Å²) in [6.45, 7) is 3.73. The largest absolute Gasteiger partial charge is 0.496 e. The van der Waals surface area contributed by atoms with Gasteiger partial charge in [0.2, 0.25) is 5.95 Å². The van der Waals surface area contributed by atoms with Gasteiger partial charge in [0.25, 0.3) is 0 Å². The lowest BCUT2D eigenvalue weighted by Crippen LogP contribution is -2.14. The van der Waals surface area contributed by atoms with Crippen molar-refractivity contribution in [2.75, 3.05) is 12.4 Å². The average molecular weight is 311 g/mol. The van der Waals surface area contributed by atoms with Crippen molar-refractivity contribution in [1.82, 2.24) is 9.97 Å². The molecule has 1 N–H and O–H groups in total. The smallest absolute Gasteiger partial charge is 0.433 e. The lowest BCUT2D eigenvalue weighted by molar-refractivity contribution is -0.141. The molecule has 0 bridgehead atoms. The Labute approximate surface area is 126 Å². The molecule has 118 valence electrons. The molecule has 1 aromatic heterocycles. The molecule has 0 fully saturated rings. The van der Waals surface area contributed by atoms with Gasteiger partial charge < -0.3 is 10.1 Å². The van der Waals surface area contributed by atoms with Crippen LogP contribution in [0.2, 0.25) is 0 Å². The zero-order valence-corrected chi connectivity index (χ0v) is 12.4. The van der Waals surface area contributed by atoms with Crippen molar-refractivity contribution >= 4 is 5.95 Å². The summed E-state index contributed by atoms with van der Waals surface area (Å²) in [6.07, 6.45) is -3.41.